The number of benzene rings is 1. The minimum absolute atomic E-state index is 0.291. The van der Waals surface area contributed by atoms with Gasteiger partial charge in [-0.25, -0.2) is 8.42 Å². The summed E-state index contributed by atoms with van der Waals surface area (Å²) in [5.41, 5.74) is 0.394. The van der Waals surface area contributed by atoms with Crippen LogP contribution in [-0.4, -0.2) is 49.2 Å². The molecule has 1 saturated heterocycles. The summed E-state index contributed by atoms with van der Waals surface area (Å²) in [7, 11) is -3.53. The molecule has 6 nitrogen and oxygen atoms in total. The summed E-state index contributed by atoms with van der Waals surface area (Å²) in [6.45, 7) is 1.70. The minimum atomic E-state index is -3.53. The van der Waals surface area contributed by atoms with Crippen molar-refractivity contribution in [3.05, 3.63) is 28.2 Å². The summed E-state index contributed by atoms with van der Waals surface area (Å²) in [6.07, 6.45) is 3.00. The van der Waals surface area contributed by atoms with Gasteiger partial charge in [0.2, 0.25) is 11.8 Å². The predicted octanol–water partition coefficient (Wildman–Crippen LogP) is 2.75. The third-order valence-corrected chi connectivity index (χ3v) is 6.30. The van der Waals surface area contributed by atoms with Crippen molar-refractivity contribution in [2.75, 3.05) is 18.1 Å². The van der Waals surface area contributed by atoms with Crippen molar-refractivity contribution in [3.8, 4) is 0 Å². The summed E-state index contributed by atoms with van der Waals surface area (Å²) in [4.78, 5) is 26.5. The lowest BCUT2D eigenvalue weighted by atomic mass is 10.0. The number of nitrogens with one attached hydrogen (secondary N) is 1. The van der Waals surface area contributed by atoms with E-state index in [1.807, 2.05) is 0 Å². The first-order valence-corrected chi connectivity index (χ1v) is 10.6. The molecule has 2 atom stereocenters. The Kier molecular flexibility index (Phi) is 6.35. The number of carbonyl (C=O) groups is 2. The highest BCUT2D eigenvalue weighted by atomic mass is 35.5. The second kappa shape index (κ2) is 7.93. The number of anilines is 1. The fourth-order valence-corrected chi connectivity index (χ4v) is 3.65. The van der Waals surface area contributed by atoms with Gasteiger partial charge in [0.25, 0.3) is 0 Å². The zero-order valence-corrected chi connectivity index (χ0v) is 16.3. The van der Waals surface area contributed by atoms with E-state index in [9.17, 15) is 18.0 Å². The van der Waals surface area contributed by atoms with Gasteiger partial charge in [-0.15, -0.1) is 0 Å². The molecular weight excluding hydrogens is 387 g/mol. The van der Waals surface area contributed by atoms with E-state index in [1.54, 1.807) is 12.1 Å². The molecule has 0 aliphatic carbocycles. The number of nitrogens with zero attached hydrogens (tertiary/aromatic N) is 1. The molecule has 1 aliphatic heterocycles. The van der Waals surface area contributed by atoms with Crippen LogP contribution in [0.5, 0.6) is 0 Å². The molecular formula is C16H20Cl2N2O4S. The summed E-state index contributed by atoms with van der Waals surface area (Å²) in [6, 6.07) is 3.96. The Hall–Kier alpha value is -1.31. The summed E-state index contributed by atoms with van der Waals surface area (Å²) >= 11 is 11.9. The maximum absolute atomic E-state index is 12.6. The molecule has 1 aromatic carbocycles. The van der Waals surface area contributed by atoms with E-state index in [-0.39, 0.29) is 0 Å². The number of hydrogen-bond acceptors (Lipinski definition) is 4. The lowest BCUT2D eigenvalue weighted by Crippen LogP contribution is -2.53. The monoisotopic (exact) mass is 406 g/mol. The van der Waals surface area contributed by atoms with Crippen molar-refractivity contribution < 1.29 is 18.0 Å². The summed E-state index contributed by atoms with van der Waals surface area (Å²) < 4.78 is 23.4. The normalized spacial score (nSPS) is 19.4. The van der Waals surface area contributed by atoms with Gasteiger partial charge in [-0.05, 0) is 44.4 Å². The Labute approximate surface area is 157 Å². The fourth-order valence-electron chi connectivity index (χ4n) is 2.69. The first kappa shape index (κ1) is 20.0. The molecule has 0 saturated carbocycles. The number of sulfone groups is 1. The van der Waals surface area contributed by atoms with Gasteiger partial charge < -0.3 is 10.2 Å². The maximum Gasteiger partial charge on any atom is 0.247 e. The molecule has 1 aromatic rings. The number of piperidine rings is 1. The van der Waals surface area contributed by atoms with Crippen LogP contribution in [0.15, 0.2) is 18.2 Å². The van der Waals surface area contributed by atoms with Crippen molar-refractivity contribution >= 4 is 50.5 Å². The van der Waals surface area contributed by atoms with E-state index in [4.69, 9.17) is 23.2 Å². The highest BCUT2D eigenvalue weighted by Crippen LogP contribution is 2.27. The second-order valence-electron chi connectivity index (χ2n) is 6.13. The van der Waals surface area contributed by atoms with E-state index >= 15 is 0 Å². The zero-order valence-electron chi connectivity index (χ0n) is 14.0. The third-order valence-electron chi connectivity index (χ3n) is 4.27. The number of amides is 2. The van der Waals surface area contributed by atoms with Crippen molar-refractivity contribution in [2.45, 2.75) is 37.5 Å². The third kappa shape index (κ3) is 4.86. The van der Waals surface area contributed by atoms with Crippen LogP contribution >= 0.6 is 23.2 Å². The standard InChI is InChI=1S/C16H20Cl2N2O4S/c1-10(25(2,23)24)16(22)20-8-4-3-5-14(20)15(21)19-13-7-6-11(17)9-12(13)18/h6-7,9-10,14H,3-5,8H2,1-2H3,(H,19,21). The quantitative estimate of drug-likeness (QED) is 0.832. The molecule has 9 heteroatoms. The molecule has 0 radical (unpaired) electrons. The van der Waals surface area contributed by atoms with Gasteiger partial charge >= 0.3 is 0 Å². The Bertz CT molecular complexity index is 782. The largest absolute Gasteiger partial charge is 0.330 e. The van der Waals surface area contributed by atoms with E-state index < -0.39 is 32.9 Å². The SMILES string of the molecule is CC(C(=O)N1CCCCC1C(=O)Nc1ccc(Cl)cc1Cl)S(C)(=O)=O. The summed E-state index contributed by atoms with van der Waals surface area (Å²) in [5.74, 6) is -0.942. The van der Waals surface area contributed by atoms with Crippen LogP contribution in [0.25, 0.3) is 0 Å². The van der Waals surface area contributed by atoms with Crippen LogP contribution in [0.4, 0.5) is 5.69 Å². The molecule has 1 N–H and O–H groups in total. The molecule has 2 rings (SSSR count). The minimum Gasteiger partial charge on any atom is -0.330 e. The Morgan fingerprint density at radius 1 is 1.28 bits per heavy atom. The van der Waals surface area contributed by atoms with Crippen molar-refractivity contribution in [3.63, 3.8) is 0 Å². The first-order valence-electron chi connectivity index (χ1n) is 7.86. The van der Waals surface area contributed by atoms with Gasteiger partial charge in [-0.3, -0.25) is 9.59 Å². The molecule has 2 amide bonds. The summed E-state index contributed by atoms with van der Waals surface area (Å²) in [5, 5.41) is 2.25. The highest BCUT2D eigenvalue weighted by molar-refractivity contribution is 7.92. The van der Waals surface area contributed by atoms with Crippen LogP contribution in [0.1, 0.15) is 26.2 Å². The van der Waals surface area contributed by atoms with Gasteiger partial charge in [0.05, 0.1) is 10.7 Å². The molecule has 1 heterocycles. The lowest BCUT2D eigenvalue weighted by molar-refractivity contribution is -0.139. The van der Waals surface area contributed by atoms with Crippen LogP contribution in [0.3, 0.4) is 0 Å². The van der Waals surface area contributed by atoms with Crippen molar-refractivity contribution in [2.24, 2.45) is 0 Å². The average molecular weight is 407 g/mol. The van der Waals surface area contributed by atoms with Gasteiger partial charge in [0.1, 0.15) is 11.3 Å². The molecule has 25 heavy (non-hydrogen) atoms. The van der Waals surface area contributed by atoms with Gasteiger partial charge in [0, 0.05) is 17.8 Å². The second-order valence-corrected chi connectivity index (χ2v) is 9.34. The smallest absolute Gasteiger partial charge is 0.247 e. The zero-order chi connectivity index (χ0) is 18.8. The Morgan fingerprint density at radius 2 is 1.96 bits per heavy atom. The molecule has 0 spiro atoms. The van der Waals surface area contributed by atoms with Crippen LogP contribution in [0.2, 0.25) is 10.0 Å². The Balaban J connectivity index is 2.19. The lowest BCUT2D eigenvalue weighted by Gasteiger charge is -2.36. The molecule has 0 aromatic heterocycles. The van der Waals surface area contributed by atoms with Gasteiger partial charge in [-0.2, -0.15) is 0 Å². The number of hydrogen-bond donors (Lipinski definition) is 1. The van der Waals surface area contributed by atoms with E-state index in [0.29, 0.717) is 28.7 Å². The number of carbonyl (C=O) groups excluding carboxylic acids is 2. The first-order chi connectivity index (χ1) is 11.6. The Morgan fingerprint density at radius 3 is 2.56 bits per heavy atom. The molecule has 1 fully saturated rings. The van der Waals surface area contributed by atoms with Gasteiger partial charge in [-0.1, -0.05) is 23.2 Å². The van der Waals surface area contributed by atoms with Crippen LogP contribution < -0.4 is 5.32 Å². The van der Waals surface area contributed by atoms with E-state index in [0.717, 1.165) is 19.1 Å². The molecule has 1 aliphatic rings. The van der Waals surface area contributed by atoms with E-state index in [1.165, 1.54) is 17.9 Å². The number of halogens is 2. The average Bonchev–Trinajstić information content (AvgIpc) is 2.55. The fraction of sp³-hybridized carbons (Fsp3) is 0.500. The van der Waals surface area contributed by atoms with E-state index in [2.05, 4.69) is 5.32 Å². The van der Waals surface area contributed by atoms with Gasteiger partial charge in [0.15, 0.2) is 9.84 Å². The van der Waals surface area contributed by atoms with Crippen molar-refractivity contribution in [1.29, 1.82) is 0 Å². The molecule has 138 valence electrons. The highest BCUT2D eigenvalue weighted by Gasteiger charge is 2.37. The van der Waals surface area contributed by atoms with Crippen LogP contribution in [0, 0.1) is 0 Å². The van der Waals surface area contributed by atoms with Crippen LogP contribution in [-0.2, 0) is 19.4 Å². The predicted molar refractivity (Wildman–Crippen MR) is 98.7 cm³/mol. The topological polar surface area (TPSA) is 83.6 Å². The number of likely N-dealkylation sites (tertiary alicyclic amines) is 1. The molecule has 0 bridgehead atoms. The maximum atomic E-state index is 12.6. The van der Waals surface area contributed by atoms with Crippen molar-refractivity contribution in [1.82, 2.24) is 4.90 Å². The number of rotatable bonds is 4. The molecule has 2 unspecified atom stereocenters.